The molecule has 0 saturated heterocycles. The molecule has 0 fully saturated rings. The van der Waals surface area contributed by atoms with Crippen LogP contribution in [0.25, 0.3) is 11.0 Å². The second-order valence-electron chi connectivity index (χ2n) is 7.75. The molecule has 5 rings (SSSR count). The number of ketones is 1. The van der Waals surface area contributed by atoms with Crippen molar-refractivity contribution in [2.75, 3.05) is 12.0 Å². The molecule has 2 aromatic carbocycles. The molecule has 1 aliphatic heterocycles. The van der Waals surface area contributed by atoms with E-state index in [-0.39, 0.29) is 11.3 Å². The van der Waals surface area contributed by atoms with Gasteiger partial charge in [0, 0.05) is 32.1 Å². The van der Waals surface area contributed by atoms with E-state index in [2.05, 4.69) is 0 Å². The van der Waals surface area contributed by atoms with Crippen LogP contribution in [0.5, 0.6) is 5.75 Å². The first-order valence-corrected chi connectivity index (χ1v) is 11.8. The number of nitrogens with zero attached hydrogens (tertiary/aromatic N) is 1. The van der Waals surface area contributed by atoms with Gasteiger partial charge in [0.2, 0.25) is 5.78 Å². The summed E-state index contributed by atoms with van der Waals surface area (Å²) in [4.78, 5) is 29.1. The number of aliphatic hydroxyl groups excluding tert-OH is 1. The molecule has 1 aliphatic rings. The number of thiophene rings is 1. The van der Waals surface area contributed by atoms with E-state index in [4.69, 9.17) is 32.4 Å². The number of carbonyl (C=O) groups excluding carboxylic acids is 2. The second kappa shape index (κ2) is 8.51. The number of carbonyl (C=O) groups is 2. The number of Topliss-reactive ketones (excluding diaryl/α,β-unsaturated/α-hetero) is 1. The highest BCUT2D eigenvalue weighted by Gasteiger charge is 2.46. The fourth-order valence-corrected chi connectivity index (χ4v) is 5.55. The van der Waals surface area contributed by atoms with Gasteiger partial charge in [0.05, 0.1) is 12.7 Å². The van der Waals surface area contributed by atoms with Gasteiger partial charge < -0.3 is 14.3 Å². The first kappa shape index (κ1) is 22.5. The number of aliphatic hydroxyl groups is 1. The Hall–Kier alpha value is -3.26. The quantitative estimate of drug-likeness (QED) is 0.293. The summed E-state index contributed by atoms with van der Waals surface area (Å²) in [5.41, 5.74) is 1.62. The molecule has 0 spiro atoms. The molecule has 9 heteroatoms. The molecule has 0 saturated carbocycles. The lowest BCUT2D eigenvalue weighted by atomic mass is 9.98. The van der Waals surface area contributed by atoms with Crippen molar-refractivity contribution in [2.24, 2.45) is 0 Å². The third-order valence-electron chi connectivity index (χ3n) is 5.68. The van der Waals surface area contributed by atoms with Gasteiger partial charge in [-0.3, -0.25) is 14.5 Å². The number of aryl methyl sites for hydroxylation is 1. The zero-order valence-electron chi connectivity index (χ0n) is 18.0. The van der Waals surface area contributed by atoms with E-state index in [0.29, 0.717) is 32.5 Å². The number of halogens is 2. The van der Waals surface area contributed by atoms with E-state index < -0.39 is 23.5 Å². The Balaban J connectivity index is 1.67. The molecule has 0 bridgehead atoms. The third-order valence-corrected chi connectivity index (χ3v) is 7.20. The molecule has 1 unspecified atom stereocenters. The van der Waals surface area contributed by atoms with Crippen LogP contribution in [0.4, 0.5) is 5.69 Å². The highest BCUT2D eigenvalue weighted by atomic mass is 35.5. The summed E-state index contributed by atoms with van der Waals surface area (Å²) in [6.07, 6.45) is 0. The maximum absolute atomic E-state index is 13.7. The van der Waals surface area contributed by atoms with Gasteiger partial charge in [-0.15, -0.1) is 11.3 Å². The van der Waals surface area contributed by atoms with Crippen LogP contribution in [0.15, 0.2) is 69.7 Å². The molecule has 1 atom stereocenters. The van der Waals surface area contributed by atoms with Gasteiger partial charge in [0.15, 0.2) is 22.9 Å². The topological polar surface area (TPSA) is 80.0 Å². The Morgan fingerprint density at radius 2 is 1.94 bits per heavy atom. The zero-order valence-corrected chi connectivity index (χ0v) is 20.3. The number of ether oxygens (including phenoxy) is 1. The lowest BCUT2D eigenvalue weighted by Gasteiger charge is -2.26. The molecular formula is C25H17Cl2NO5S. The summed E-state index contributed by atoms with van der Waals surface area (Å²) < 4.78 is 11.2. The monoisotopic (exact) mass is 513 g/mol. The Kier molecular flexibility index (Phi) is 5.64. The van der Waals surface area contributed by atoms with Crippen LogP contribution in [0.1, 0.15) is 27.0 Å². The van der Waals surface area contributed by atoms with Crippen LogP contribution in [0.2, 0.25) is 10.0 Å². The van der Waals surface area contributed by atoms with Gasteiger partial charge in [0.1, 0.15) is 6.04 Å². The van der Waals surface area contributed by atoms with Crippen molar-refractivity contribution in [1.82, 2.24) is 0 Å². The lowest BCUT2D eigenvalue weighted by molar-refractivity contribution is -0.117. The van der Waals surface area contributed by atoms with Crippen LogP contribution in [0.3, 0.4) is 0 Å². The lowest BCUT2D eigenvalue weighted by Crippen LogP contribution is -2.30. The summed E-state index contributed by atoms with van der Waals surface area (Å²) >= 11 is 13.7. The third kappa shape index (κ3) is 3.57. The minimum Gasteiger partial charge on any atom is -0.503 e. The van der Waals surface area contributed by atoms with Gasteiger partial charge >= 0.3 is 0 Å². The summed E-state index contributed by atoms with van der Waals surface area (Å²) in [5.74, 6) is -1.61. The Morgan fingerprint density at radius 3 is 2.62 bits per heavy atom. The SMILES string of the molecule is COc1cc(Cl)cc2cc(C(=O)C3=C(O)C(=O)N(c4cccc(Cl)c4)C3c3sccc3C)oc12. The largest absolute Gasteiger partial charge is 0.503 e. The fourth-order valence-electron chi connectivity index (χ4n) is 4.12. The van der Waals surface area contributed by atoms with Crippen LogP contribution >= 0.6 is 34.5 Å². The highest BCUT2D eigenvalue weighted by Crippen LogP contribution is 2.45. The predicted molar refractivity (Wildman–Crippen MR) is 132 cm³/mol. The van der Waals surface area contributed by atoms with Crippen molar-refractivity contribution >= 4 is 62.9 Å². The van der Waals surface area contributed by atoms with Crippen molar-refractivity contribution in [2.45, 2.75) is 13.0 Å². The Labute approximate surface area is 208 Å². The number of hydrogen-bond acceptors (Lipinski definition) is 6. The fraction of sp³-hybridized carbons (Fsp3) is 0.120. The van der Waals surface area contributed by atoms with E-state index in [1.807, 2.05) is 18.4 Å². The average molecular weight is 514 g/mol. The second-order valence-corrected chi connectivity index (χ2v) is 9.57. The van der Waals surface area contributed by atoms with Crippen LogP contribution in [0, 0.1) is 6.92 Å². The Bertz CT molecular complexity index is 1500. The van der Waals surface area contributed by atoms with Crippen LogP contribution in [-0.2, 0) is 4.79 Å². The zero-order chi connectivity index (χ0) is 24.1. The molecule has 3 heterocycles. The van der Waals surface area contributed by atoms with E-state index in [1.54, 1.807) is 36.4 Å². The van der Waals surface area contributed by atoms with Gasteiger partial charge in [-0.05, 0) is 54.3 Å². The number of amides is 1. The van der Waals surface area contributed by atoms with Crippen molar-refractivity contribution in [3.63, 3.8) is 0 Å². The molecule has 4 aromatic rings. The minimum absolute atomic E-state index is 0.0444. The minimum atomic E-state index is -0.850. The van der Waals surface area contributed by atoms with Gasteiger partial charge in [-0.2, -0.15) is 0 Å². The maximum atomic E-state index is 13.7. The van der Waals surface area contributed by atoms with E-state index in [9.17, 15) is 14.7 Å². The van der Waals surface area contributed by atoms with Crippen LogP contribution in [-0.4, -0.2) is 23.9 Å². The number of hydrogen-bond donors (Lipinski definition) is 1. The van der Waals surface area contributed by atoms with Crippen molar-refractivity contribution in [3.05, 3.63) is 91.5 Å². The predicted octanol–water partition coefficient (Wildman–Crippen LogP) is 6.90. The summed E-state index contributed by atoms with van der Waals surface area (Å²) in [5, 5.41) is 14.2. The molecule has 34 heavy (non-hydrogen) atoms. The number of anilines is 1. The average Bonchev–Trinajstić information content (AvgIpc) is 3.49. The molecule has 1 N–H and O–H groups in total. The normalized spacial score (nSPS) is 16.1. The van der Waals surface area contributed by atoms with E-state index >= 15 is 0 Å². The first-order valence-electron chi connectivity index (χ1n) is 10.2. The molecule has 0 aliphatic carbocycles. The smallest absolute Gasteiger partial charge is 0.294 e. The van der Waals surface area contributed by atoms with E-state index in [1.165, 1.54) is 29.4 Å². The first-order chi connectivity index (χ1) is 16.3. The number of rotatable bonds is 5. The van der Waals surface area contributed by atoms with Gasteiger partial charge in [-0.25, -0.2) is 0 Å². The Morgan fingerprint density at radius 1 is 1.15 bits per heavy atom. The number of furan rings is 1. The molecule has 1 amide bonds. The summed E-state index contributed by atoms with van der Waals surface area (Å²) in [6, 6.07) is 12.5. The van der Waals surface area contributed by atoms with Crippen molar-refractivity contribution in [3.8, 4) is 5.75 Å². The van der Waals surface area contributed by atoms with Gasteiger partial charge in [-0.1, -0.05) is 29.3 Å². The summed E-state index contributed by atoms with van der Waals surface area (Å²) in [7, 11) is 1.47. The number of fused-ring (bicyclic) bond motifs is 1. The van der Waals surface area contributed by atoms with Crippen LogP contribution < -0.4 is 9.64 Å². The molecule has 2 aromatic heterocycles. The van der Waals surface area contributed by atoms with E-state index in [0.717, 1.165) is 10.4 Å². The molecule has 0 radical (unpaired) electrons. The molecular weight excluding hydrogens is 497 g/mol. The number of benzene rings is 2. The number of methoxy groups -OCH3 is 1. The van der Waals surface area contributed by atoms with Gasteiger partial charge in [0.25, 0.3) is 5.91 Å². The summed E-state index contributed by atoms with van der Waals surface area (Å²) in [6.45, 7) is 1.89. The maximum Gasteiger partial charge on any atom is 0.294 e. The highest BCUT2D eigenvalue weighted by molar-refractivity contribution is 7.10. The standard InChI is InChI=1S/C25H17Cl2NO5S/c1-12-6-7-34-24(12)20-19(22(30)25(31)28(20)16-5-3-4-14(26)10-16)21(29)17-9-13-8-15(27)11-18(32-2)23(13)33-17/h3-11,20,30H,1-2H3. The van der Waals surface area contributed by atoms with Crippen molar-refractivity contribution < 1.29 is 23.8 Å². The molecule has 6 nitrogen and oxygen atoms in total. The molecule has 172 valence electrons. The van der Waals surface area contributed by atoms with Crippen molar-refractivity contribution in [1.29, 1.82) is 0 Å².